The highest BCUT2D eigenvalue weighted by Gasteiger charge is 2.33. The van der Waals surface area contributed by atoms with Gasteiger partial charge in [0.05, 0.1) is 12.1 Å². The van der Waals surface area contributed by atoms with Crippen molar-refractivity contribution in [3.8, 4) is 0 Å². The Bertz CT molecular complexity index is 389. The first-order chi connectivity index (χ1) is 8.53. The highest BCUT2D eigenvalue weighted by atomic mass is 16.3. The first-order valence-electron chi connectivity index (χ1n) is 6.79. The van der Waals surface area contributed by atoms with Gasteiger partial charge in [0.2, 0.25) is 0 Å². The minimum atomic E-state index is -0.160. The number of rotatable bonds is 3. The van der Waals surface area contributed by atoms with Crippen molar-refractivity contribution >= 4 is 11.4 Å². The lowest BCUT2D eigenvalue weighted by Crippen LogP contribution is -2.45. The molecule has 1 aromatic carbocycles. The molecular weight excluding hydrogens is 224 g/mol. The minimum Gasteiger partial charge on any atom is -0.399 e. The Morgan fingerprint density at radius 3 is 2.56 bits per heavy atom. The maximum Gasteiger partial charge on any atom is 0.0661 e. The number of nitrogens with two attached hydrogens (primary N) is 1. The molecule has 0 aromatic heterocycles. The standard InChI is InChI=1S/C15H24N2O/c1-11-3-5-15(10-18,6-4-11)17-14-8-12(2)7-13(16)9-14/h7-9,11,17-18H,3-6,10,16H2,1-2H3. The van der Waals surface area contributed by atoms with Crippen molar-refractivity contribution in [2.24, 2.45) is 5.92 Å². The summed E-state index contributed by atoms with van der Waals surface area (Å²) in [5.74, 6) is 0.772. The van der Waals surface area contributed by atoms with Gasteiger partial charge in [-0.2, -0.15) is 0 Å². The van der Waals surface area contributed by atoms with Crippen LogP contribution in [0.3, 0.4) is 0 Å². The fourth-order valence-electron chi connectivity index (χ4n) is 2.83. The second-order valence-electron chi connectivity index (χ2n) is 5.88. The van der Waals surface area contributed by atoms with Crippen molar-refractivity contribution in [3.05, 3.63) is 23.8 Å². The van der Waals surface area contributed by atoms with Crippen molar-refractivity contribution in [1.29, 1.82) is 0 Å². The molecular formula is C15H24N2O. The molecule has 0 aliphatic heterocycles. The van der Waals surface area contributed by atoms with E-state index in [9.17, 15) is 5.11 Å². The number of anilines is 2. The lowest BCUT2D eigenvalue weighted by molar-refractivity contribution is 0.155. The normalized spacial score (nSPS) is 28.1. The van der Waals surface area contributed by atoms with E-state index < -0.39 is 0 Å². The topological polar surface area (TPSA) is 58.3 Å². The molecule has 1 aliphatic rings. The van der Waals surface area contributed by atoms with Crippen LogP contribution in [-0.4, -0.2) is 17.3 Å². The molecule has 18 heavy (non-hydrogen) atoms. The molecule has 0 amide bonds. The van der Waals surface area contributed by atoms with Crippen molar-refractivity contribution in [1.82, 2.24) is 0 Å². The SMILES string of the molecule is Cc1cc(N)cc(NC2(CO)CCC(C)CC2)c1. The average Bonchev–Trinajstić information content (AvgIpc) is 2.31. The number of benzene rings is 1. The van der Waals surface area contributed by atoms with E-state index in [1.807, 2.05) is 19.1 Å². The van der Waals surface area contributed by atoms with E-state index in [0.29, 0.717) is 0 Å². The van der Waals surface area contributed by atoms with Crippen LogP contribution in [0.25, 0.3) is 0 Å². The van der Waals surface area contributed by atoms with E-state index >= 15 is 0 Å². The number of aryl methyl sites for hydroxylation is 1. The number of hydrogen-bond acceptors (Lipinski definition) is 3. The number of nitrogen functional groups attached to an aromatic ring is 1. The molecule has 0 heterocycles. The molecule has 1 aliphatic carbocycles. The average molecular weight is 248 g/mol. The lowest BCUT2D eigenvalue weighted by atomic mass is 9.77. The van der Waals surface area contributed by atoms with E-state index in [2.05, 4.69) is 18.3 Å². The summed E-state index contributed by atoms with van der Waals surface area (Å²) in [6, 6.07) is 5.99. The largest absolute Gasteiger partial charge is 0.399 e. The highest BCUT2D eigenvalue weighted by Crippen LogP contribution is 2.34. The van der Waals surface area contributed by atoms with Gasteiger partial charge in [-0.1, -0.05) is 6.92 Å². The molecule has 100 valence electrons. The summed E-state index contributed by atoms with van der Waals surface area (Å²) in [6.07, 6.45) is 4.40. The Balaban J connectivity index is 2.14. The first kappa shape index (κ1) is 13.2. The maximum atomic E-state index is 9.73. The van der Waals surface area contributed by atoms with Crippen LogP contribution in [0.15, 0.2) is 18.2 Å². The number of nitrogens with one attached hydrogen (secondary N) is 1. The van der Waals surface area contributed by atoms with Gasteiger partial charge in [-0.15, -0.1) is 0 Å². The van der Waals surface area contributed by atoms with Crippen LogP contribution in [-0.2, 0) is 0 Å². The molecule has 0 radical (unpaired) electrons. The van der Waals surface area contributed by atoms with Gasteiger partial charge in [-0.3, -0.25) is 0 Å². The molecule has 0 atom stereocenters. The predicted molar refractivity (Wildman–Crippen MR) is 76.7 cm³/mol. The van der Waals surface area contributed by atoms with Crippen LogP contribution in [0.5, 0.6) is 0 Å². The van der Waals surface area contributed by atoms with E-state index in [0.717, 1.165) is 35.7 Å². The third kappa shape index (κ3) is 2.96. The zero-order valence-corrected chi connectivity index (χ0v) is 11.4. The zero-order valence-electron chi connectivity index (χ0n) is 11.4. The third-order valence-electron chi connectivity index (χ3n) is 4.04. The van der Waals surface area contributed by atoms with E-state index in [-0.39, 0.29) is 12.1 Å². The van der Waals surface area contributed by atoms with Crippen molar-refractivity contribution in [2.75, 3.05) is 17.7 Å². The fourth-order valence-corrected chi connectivity index (χ4v) is 2.83. The molecule has 1 fully saturated rings. The molecule has 1 aromatic rings. The Labute approximate surface area is 109 Å². The van der Waals surface area contributed by atoms with Crippen LogP contribution < -0.4 is 11.1 Å². The molecule has 3 heteroatoms. The van der Waals surface area contributed by atoms with Gasteiger partial charge in [0.1, 0.15) is 0 Å². The maximum absolute atomic E-state index is 9.73. The molecule has 2 rings (SSSR count). The monoisotopic (exact) mass is 248 g/mol. The van der Waals surface area contributed by atoms with Crippen LogP contribution >= 0.6 is 0 Å². The number of hydrogen-bond donors (Lipinski definition) is 3. The minimum absolute atomic E-state index is 0.160. The summed E-state index contributed by atoms with van der Waals surface area (Å²) < 4.78 is 0. The van der Waals surface area contributed by atoms with Gasteiger partial charge >= 0.3 is 0 Å². The van der Waals surface area contributed by atoms with Gasteiger partial charge in [0, 0.05) is 11.4 Å². The van der Waals surface area contributed by atoms with Crippen molar-refractivity contribution in [3.63, 3.8) is 0 Å². The van der Waals surface area contributed by atoms with Crippen LogP contribution in [0.4, 0.5) is 11.4 Å². The van der Waals surface area contributed by atoms with Gasteiger partial charge < -0.3 is 16.2 Å². The summed E-state index contributed by atoms with van der Waals surface area (Å²) in [6.45, 7) is 4.51. The number of aliphatic hydroxyl groups excluding tert-OH is 1. The quantitative estimate of drug-likeness (QED) is 0.721. The van der Waals surface area contributed by atoms with E-state index in [1.54, 1.807) is 0 Å². The van der Waals surface area contributed by atoms with Gasteiger partial charge in [0.25, 0.3) is 0 Å². The molecule has 0 bridgehead atoms. The third-order valence-corrected chi connectivity index (χ3v) is 4.04. The van der Waals surface area contributed by atoms with Gasteiger partial charge in [0.15, 0.2) is 0 Å². The lowest BCUT2D eigenvalue weighted by Gasteiger charge is -2.39. The first-order valence-corrected chi connectivity index (χ1v) is 6.79. The second-order valence-corrected chi connectivity index (χ2v) is 5.88. The Morgan fingerprint density at radius 1 is 1.33 bits per heavy atom. The zero-order chi connectivity index (χ0) is 13.2. The van der Waals surface area contributed by atoms with Gasteiger partial charge in [-0.25, -0.2) is 0 Å². The Kier molecular flexibility index (Phi) is 3.81. The predicted octanol–water partition coefficient (Wildman–Crippen LogP) is 2.93. The van der Waals surface area contributed by atoms with Crippen LogP contribution in [0, 0.1) is 12.8 Å². The Hall–Kier alpha value is -1.22. The van der Waals surface area contributed by atoms with Crippen molar-refractivity contribution in [2.45, 2.75) is 45.1 Å². The van der Waals surface area contributed by atoms with Crippen LogP contribution in [0.2, 0.25) is 0 Å². The fraction of sp³-hybridized carbons (Fsp3) is 0.600. The summed E-state index contributed by atoms with van der Waals surface area (Å²) in [5, 5.41) is 13.3. The summed E-state index contributed by atoms with van der Waals surface area (Å²) in [4.78, 5) is 0. The van der Waals surface area contributed by atoms with Gasteiger partial charge in [-0.05, 0) is 62.3 Å². The smallest absolute Gasteiger partial charge is 0.0661 e. The second kappa shape index (κ2) is 5.19. The molecule has 0 spiro atoms. The summed E-state index contributed by atoms with van der Waals surface area (Å²) in [5.41, 5.74) is 8.65. The van der Waals surface area contributed by atoms with Crippen LogP contribution in [0.1, 0.15) is 38.2 Å². The van der Waals surface area contributed by atoms with E-state index in [1.165, 1.54) is 12.8 Å². The molecule has 3 nitrogen and oxygen atoms in total. The highest BCUT2D eigenvalue weighted by molar-refractivity contribution is 5.58. The molecule has 4 N–H and O–H groups in total. The summed E-state index contributed by atoms with van der Waals surface area (Å²) in [7, 11) is 0. The molecule has 1 saturated carbocycles. The molecule has 0 unspecified atom stereocenters. The Morgan fingerprint density at radius 2 is 2.00 bits per heavy atom. The van der Waals surface area contributed by atoms with E-state index in [4.69, 9.17) is 5.73 Å². The summed E-state index contributed by atoms with van der Waals surface area (Å²) >= 11 is 0. The molecule has 0 saturated heterocycles. The number of aliphatic hydroxyl groups is 1. The van der Waals surface area contributed by atoms with Crippen molar-refractivity contribution < 1.29 is 5.11 Å².